The lowest BCUT2D eigenvalue weighted by atomic mass is 10.0. The number of aryl methyl sites for hydroxylation is 1. The predicted octanol–water partition coefficient (Wildman–Crippen LogP) is 7.54. The molecule has 0 saturated carbocycles. The first kappa shape index (κ1) is 38.9. The summed E-state index contributed by atoms with van der Waals surface area (Å²) in [4.78, 5) is 30.1. The maximum atomic E-state index is 12.2. The number of rotatable bonds is 21. The van der Waals surface area contributed by atoms with Crippen molar-refractivity contribution < 1.29 is 33.3 Å². The van der Waals surface area contributed by atoms with Crippen LogP contribution in [0, 0.1) is 31.8 Å². The first-order valence-electron chi connectivity index (χ1n) is 16.0. The Morgan fingerprint density at radius 3 is 2.04 bits per heavy atom. The van der Waals surface area contributed by atoms with Crippen molar-refractivity contribution in [2.24, 2.45) is 10.2 Å². The number of thiophene rings is 1. The van der Waals surface area contributed by atoms with Crippen LogP contribution in [0.1, 0.15) is 57.5 Å². The summed E-state index contributed by atoms with van der Waals surface area (Å²) in [6.07, 6.45) is 0. The largest absolute Gasteiger partial charge is 0.460 e. The minimum Gasteiger partial charge on any atom is -0.460 e. The van der Waals surface area contributed by atoms with Gasteiger partial charge < -0.3 is 28.6 Å². The van der Waals surface area contributed by atoms with Gasteiger partial charge in [0.05, 0.1) is 75.6 Å². The second kappa shape index (κ2) is 20.8. The highest BCUT2D eigenvalue weighted by atomic mass is 32.1. The van der Waals surface area contributed by atoms with E-state index in [4.69, 9.17) is 30.3 Å². The molecular weight excluding hydrogens is 646 g/mol. The molecule has 3 rings (SSSR count). The lowest BCUT2D eigenvalue weighted by molar-refractivity contribution is -0.00851. The lowest BCUT2D eigenvalue weighted by Gasteiger charge is -2.29. The molecule has 0 atom stereocenters. The number of anilines is 1. The Hall–Kier alpha value is -4.50. The number of benzene rings is 2. The number of ketones is 1. The van der Waals surface area contributed by atoms with E-state index in [1.54, 1.807) is 31.2 Å². The number of ether oxygens (including phenoxy) is 5. The Morgan fingerprint density at radius 2 is 1.49 bits per heavy atom. The summed E-state index contributed by atoms with van der Waals surface area (Å²) < 4.78 is 27.5. The molecular formula is C36H43N5O7S. The van der Waals surface area contributed by atoms with E-state index in [2.05, 4.69) is 46.0 Å². The molecule has 1 heterocycles. The fraction of sp³-hybridized carbons (Fsp3) is 0.444. The van der Waals surface area contributed by atoms with Crippen molar-refractivity contribution in [3.05, 3.63) is 81.0 Å². The van der Waals surface area contributed by atoms with E-state index in [9.17, 15) is 14.9 Å². The summed E-state index contributed by atoms with van der Waals surface area (Å²) >= 11 is 1.18. The van der Waals surface area contributed by atoms with Crippen molar-refractivity contribution in [2.75, 3.05) is 70.9 Å². The van der Waals surface area contributed by atoms with Crippen LogP contribution in [-0.2, 0) is 23.7 Å². The molecule has 49 heavy (non-hydrogen) atoms. The quantitative estimate of drug-likeness (QED) is 0.0365. The first-order valence-corrected chi connectivity index (χ1v) is 16.8. The van der Waals surface area contributed by atoms with Crippen LogP contribution in [-0.4, -0.2) is 83.8 Å². The van der Waals surface area contributed by atoms with Crippen molar-refractivity contribution in [3.8, 4) is 6.07 Å². The SMILES string of the molecule is [C-]#[N+]c1c(N=Nc2ccc(N(CCOCCOCCOCCOCCOC(=O)c3ccccc3C(C)=O)C(C)C)cc2C)sc(C#N)c1C. The summed E-state index contributed by atoms with van der Waals surface area (Å²) in [5.41, 5.74) is 4.29. The molecule has 0 amide bonds. The van der Waals surface area contributed by atoms with Crippen LogP contribution in [0.25, 0.3) is 4.85 Å². The van der Waals surface area contributed by atoms with Gasteiger partial charge in [0, 0.05) is 23.8 Å². The van der Waals surface area contributed by atoms with Crippen molar-refractivity contribution in [3.63, 3.8) is 0 Å². The van der Waals surface area contributed by atoms with Gasteiger partial charge in [0.1, 0.15) is 17.7 Å². The topological polar surface area (TPSA) is 136 Å². The number of nitriles is 1. The zero-order valence-electron chi connectivity index (χ0n) is 28.7. The maximum Gasteiger partial charge on any atom is 0.338 e. The average molecular weight is 690 g/mol. The number of Topliss-reactive ketones (excluding diaryl/α,β-unsaturated/α-hetero) is 1. The highest BCUT2D eigenvalue weighted by molar-refractivity contribution is 7.17. The summed E-state index contributed by atoms with van der Waals surface area (Å²) in [6.45, 7) is 20.9. The van der Waals surface area contributed by atoms with Crippen LogP contribution in [0.15, 0.2) is 52.7 Å². The van der Waals surface area contributed by atoms with Crippen molar-refractivity contribution in [1.29, 1.82) is 5.26 Å². The third-order valence-corrected chi connectivity index (χ3v) is 8.34. The van der Waals surface area contributed by atoms with Gasteiger partial charge in [-0.05, 0) is 70.0 Å². The Morgan fingerprint density at radius 1 is 0.898 bits per heavy atom. The predicted molar refractivity (Wildman–Crippen MR) is 188 cm³/mol. The van der Waals surface area contributed by atoms with Crippen LogP contribution in [0.3, 0.4) is 0 Å². The molecule has 0 unspecified atom stereocenters. The van der Waals surface area contributed by atoms with E-state index in [0.29, 0.717) is 85.2 Å². The fourth-order valence-corrected chi connectivity index (χ4v) is 5.54. The van der Waals surface area contributed by atoms with E-state index < -0.39 is 5.97 Å². The molecule has 2 aromatic carbocycles. The third kappa shape index (κ3) is 12.2. The molecule has 13 heteroatoms. The average Bonchev–Trinajstić information content (AvgIpc) is 3.40. The Labute approximate surface area is 292 Å². The molecule has 0 aliphatic rings. The minimum absolute atomic E-state index is 0.0799. The number of nitrogens with zero attached hydrogens (tertiary/aromatic N) is 5. The lowest BCUT2D eigenvalue weighted by Crippen LogP contribution is -2.34. The second-order valence-corrected chi connectivity index (χ2v) is 12.1. The standard InChI is InChI=1S/C36H43N5O7S/c1-25(2)41(29-11-12-32(26(3)23-29)39-40-35-34(38-6)27(4)33(24-37)49-35)13-14-44-15-16-45-17-18-46-19-20-47-21-22-48-36(43)31-10-8-7-9-30(31)28(5)42/h7-12,23,25H,13-22H2,1-5H3. The number of azo groups is 1. The third-order valence-electron chi connectivity index (χ3n) is 7.27. The van der Waals surface area contributed by atoms with E-state index in [-0.39, 0.29) is 30.6 Å². The molecule has 0 aliphatic carbocycles. The molecule has 0 saturated heterocycles. The zero-order chi connectivity index (χ0) is 35.6. The minimum atomic E-state index is -0.551. The monoisotopic (exact) mass is 689 g/mol. The molecule has 260 valence electrons. The van der Waals surface area contributed by atoms with E-state index in [1.165, 1.54) is 18.3 Å². The highest BCUT2D eigenvalue weighted by Gasteiger charge is 2.17. The van der Waals surface area contributed by atoms with Gasteiger partial charge in [0.2, 0.25) is 5.69 Å². The highest BCUT2D eigenvalue weighted by Crippen LogP contribution is 2.42. The van der Waals surface area contributed by atoms with E-state index >= 15 is 0 Å². The van der Waals surface area contributed by atoms with Crippen LogP contribution < -0.4 is 4.90 Å². The molecule has 3 aromatic rings. The molecule has 0 N–H and O–H groups in total. The van der Waals surface area contributed by atoms with E-state index in [0.717, 1.165) is 11.3 Å². The smallest absolute Gasteiger partial charge is 0.338 e. The Balaban J connectivity index is 1.25. The number of carbonyl (C=O) groups excluding carboxylic acids is 2. The summed E-state index contributed by atoms with van der Waals surface area (Å²) in [7, 11) is 0. The van der Waals surface area contributed by atoms with Gasteiger partial charge in [0.25, 0.3) is 0 Å². The van der Waals surface area contributed by atoms with Gasteiger partial charge in [-0.25, -0.2) is 9.64 Å². The van der Waals surface area contributed by atoms with Crippen molar-refractivity contribution in [1.82, 2.24) is 0 Å². The summed E-state index contributed by atoms with van der Waals surface area (Å²) in [6, 6.07) is 14.9. The van der Waals surface area contributed by atoms with Crippen molar-refractivity contribution >= 4 is 45.2 Å². The molecule has 0 bridgehead atoms. The molecule has 12 nitrogen and oxygen atoms in total. The molecule has 0 radical (unpaired) electrons. The number of hydrogen-bond acceptors (Lipinski definition) is 12. The molecule has 0 fully saturated rings. The Bertz CT molecular complexity index is 1660. The van der Waals surface area contributed by atoms with Crippen LogP contribution >= 0.6 is 11.3 Å². The van der Waals surface area contributed by atoms with Gasteiger partial charge in [-0.1, -0.05) is 18.2 Å². The maximum absolute atomic E-state index is 12.2. The van der Waals surface area contributed by atoms with Crippen LogP contribution in [0.4, 0.5) is 22.1 Å². The number of hydrogen-bond donors (Lipinski definition) is 0. The summed E-state index contributed by atoms with van der Waals surface area (Å²) in [5.74, 6) is -0.742. The van der Waals surface area contributed by atoms with Crippen molar-refractivity contribution in [2.45, 2.75) is 40.7 Å². The van der Waals surface area contributed by atoms with Gasteiger partial charge in [-0.2, -0.15) is 15.5 Å². The van der Waals surface area contributed by atoms with Crippen LogP contribution in [0.5, 0.6) is 0 Å². The van der Waals surface area contributed by atoms with Gasteiger partial charge in [0.15, 0.2) is 5.78 Å². The second-order valence-electron chi connectivity index (χ2n) is 11.1. The number of esters is 1. The van der Waals surface area contributed by atoms with Crippen LogP contribution in [0.2, 0.25) is 0 Å². The van der Waals surface area contributed by atoms with E-state index in [1.807, 2.05) is 19.1 Å². The normalized spacial score (nSPS) is 11.1. The first-order chi connectivity index (χ1) is 23.7. The zero-order valence-corrected chi connectivity index (χ0v) is 29.5. The van der Waals surface area contributed by atoms with Gasteiger partial charge in [-0.15, -0.1) is 11.3 Å². The molecule has 1 aromatic heterocycles. The molecule has 0 aliphatic heterocycles. The van der Waals surface area contributed by atoms with Gasteiger partial charge >= 0.3 is 5.97 Å². The summed E-state index contributed by atoms with van der Waals surface area (Å²) in [5, 5.41) is 18.4. The van der Waals surface area contributed by atoms with Gasteiger partial charge in [-0.3, -0.25) is 4.79 Å². The molecule has 0 spiro atoms. The Kier molecular flexibility index (Phi) is 16.5. The number of carbonyl (C=O) groups is 2. The fourth-order valence-electron chi connectivity index (χ4n) is 4.67.